The second kappa shape index (κ2) is 6.59. The molecule has 2 rings (SSSR count). The lowest BCUT2D eigenvalue weighted by atomic mass is 10.0. The zero-order valence-corrected chi connectivity index (χ0v) is 13.5. The van der Waals surface area contributed by atoms with Crippen LogP contribution >= 0.6 is 31.9 Å². The standard InChI is InChI=1S/C14H13Br2FN2/c1-18-13(12-6-5-10(15)8-19-12)7-9-3-2-4-11(17)14(9)16/h2-6,8,13,18H,7H2,1H3. The molecule has 1 N–H and O–H groups in total. The van der Waals surface area contributed by atoms with E-state index in [0.29, 0.717) is 10.9 Å². The largest absolute Gasteiger partial charge is 0.311 e. The second-order valence-electron chi connectivity index (χ2n) is 4.16. The Balaban J connectivity index is 2.24. The second-order valence-corrected chi connectivity index (χ2v) is 5.87. The Hall–Kier alpha value is -0.780. The van der Waals surface area contributed by atoms with Crippen LogP contribution in [-0.4, -0.2) is 12.0 Å². The number of benzene rings is 1. The van der Waals surface area contributed by atoms with E-state index in [2.05, 4.69) is 42.2 Å². The highest BCUT2D eigenvalue weighted by Gasteiger charge is 2.14. The molecule has 1 aromatic heterocycles. The van der Waals surface area contributed by atoms with Crippen molar-refractivity contribution >= 4 is 31.9 Å². The first-order valence-electron chi connectivity index (χ1n) is 5.83. The molecule has 0 saturated carbocycles. The summed E-state index contributed by atoms with van der Waals surface area (Å²) in [6.45, 7) is 0. The van der Waals surface area contributed by atoms with Crippen molar-refractivity contribution in [2.75, 3.05) is 7.05 Å². The highest BCUT2D eigenvalue weighted by atomic mass is 79.9. The number of nitrogens with one attached hydrogen (secondary N) is 1. The minimum Gasteiger partial charge on any atom is -0.311 e. The minimum absolute atomic E-state index is 0.0474. The van der Waals surface area contributed by atoms with Crippen molar-refractivity contribution in [1.82, 2.24) is 10.3 Å². The zero-order valence-electron chi connectivity index (χ0n) is 10.3. The predicted molar refractivity (Wildman–Crippen MR) is 81.5 cm³/mol. The first-order valence-corrected chi connectivity index (χ1v) is 7.42. The molecule has 0 bridgehead atoms. The predicted octanol–water partition coefficient (Wildman–Crippen LogP) is 4.25. The normalized spacial score (nSPS) is 12.4. The van der Waals surface area contributed by atoms with Crippen molar-refractivity contribution in [3.63, 3.8) is 0 Å². The first kappa shape index (κ1) is 14.6. The summed E-state index contributed by atoms with van der Waals surface area (Å²) in [6, 6.07) is 9.03. The summed E-state index contributed by atoms with van der Waals surface area (Å²) in [6.07, 6.45) is 2.43. The van der Waals surface area contributed by atoms with Crippen LogP contribution in [0.4, 0.5) is 4.39 Å². The highest BCUT2D eigenvalue weighted by molar-refractivity contribution is 9.10. The van der Waals surface area contributed by atoms with Gasteiger partial charge in [-0.3, -0.25) is 4.98 Å². The summed E-state index contributed by atoms with van der Waals surface area (Å²) in [5, 5.41) is 3.21. The monoisotopic (exact) mass is 386 g/mol. The molecule has 1 atom stereocenters. The molecule has 0 aliphatic rings. The number of hydrogen-bond donors (Lipinski definition) is 1. The minimum atomic E-state index is -0.240. The lowest BCUT2D eigenvalue weighted by Crippen LogP contribution is -2.20. The van der Waals surface area contributed by atoms with E-state index in [-0.39, 0.29) is 11.9 Å². The van der Waals surface area contributed by atoms with Crippen LogP contribution in [0, 0.1) is 5.82 Å². The van der Waals surface area contributed by atoms with Crippen molar-refractivity contribution in [2.45, 2.75) is 12.5 Å². The number of pyridine rings is 1. The van der Waals surface area contributed by atoms with Crippen molar-refractivity contribution in [2.24, 2.45) is 0 Å². The van der Waals surface area contributed by atoms with Crippen LogP contribution in [0.25, 0.3) is 0 Å². The lowest BCUT2D eigenvalue weighted by molar-refractivity contribution is 0.567. The molecule has 0 radical (unpaired) electrons. The summed E-state index contributed by atoms with van der Waals surface area (Å²) >= 11 is 6.66. The Morgan fingerprint density at radius 1 is 1.26 bits per heavy atom. The van der Waals surface area contributed by atoms with Gasteiger partial charge in [-0.2, -0.15) is 0 Å². The van der Waals surface area contributed by atoms with E-state index in [9.17, 15) is 4.39 Å². The molecule has 0 spiro atoms. The van der Waals surface area contributed by atoms with Gasteiger partial charge in [-0.05, 0) is 69.1 Å². The van der Waals surface area contributed by atoms with Gasteiger partial charge < -0.3 is 5.32 Å². The van der Waals surface area contributed by atoms with Crippen LogP contribution in [0.5, 0.6) is 0 Å². The van der Waals surface area contributed by atoms with Gasteiger partial charge in [-0.1, -0.05) is 12.1 Å². The molecule has 0 aliphatic heterocycles. The summed E-state index contributed by atoms with van der Waals surface area (Å²) in [5.74, 6) is -0.240. The molecule has 0 saturated heterocycles. The van der Waals surface area contributed by atoms with E-state index < -0.39 is 0 Å². The molecule has 2 nitrogen and oxygen atoms in total. The van der Waals surface area contributed by atoms with E-state index in [1.54, 1.807) is 12.3 Å². The third-order valence-corrected chi connectivity index (χ3v) is 4.27. The summed E-state index contributed by atoms with van der Waals surface area (Å²) in [7, 11) is 1.88. The maximum atomic E-state index is 13.5. The maximum Gasteiger partial charge on any atom is 0.137 e. The third-order valence-electron chi connectivity index (χ3n) is 2.91. The molecule has 0 amide bonds. The summed E-state index contributed by atoms with van der Waals surface area (Å²) in [4.78, 5) is 4.38. The molecule has 100 valence electrons. The van der Waals surface area contributed by atoms with E-state index in [1.165, 1.54) is 6.07 Å². The third kappa shape index (κ3) is 3.61. The van der Waals surface area contributed by atoms with Gasteiger partial charge in [0.2, 0.25) is 0 Å². The Morgan fingerprint density at radius 2 is 2.05 bits per heavy atom. The van der Waals surface area contributed by atoms with Crippen molar-refractivity contribution in [3.8, 4) is 0 Å². The van der Waals surface area contributed by atoms with Gasteiger partial charge in [0, 0.05) is 10.7 Å². The van der Waals surface area contributed by atoms with E-state index >= 15 is 0 Å². The molecular formula is C14H13Br2FN2. The van der Waals surface area contributed by atoms with Crippen LogP contribution in [0.2, 0.25) is 0 Å². The van der Waals surface area contributed by atoms with Gasteiger partial charge in [-0.15, -0.1) is 0 Å². The fraction of sp³-hybridized carbons (Fsp3) is 0.214. The number of nitrogens with zero attached hydrogens (tertiary/aromatic N) is 1. The average Bonchev–Trinajstić information content (AvgIpc) is 2.42. The van der Waals surface area contributed by atoms with E-state index in [0.717, 1.165) is 15.7 Å². The van der Waals surface area contributed by atoms with Gasteiger partial charge in [0.1, 0.15) is 5.82 Å². The van der Waals surface area contributed by atoms with Crippen LogP contribution in [0.3, 0.4) is 0 Å². The van der Waals surface area contributed by atoms with Crippen molar-refractivity contribution in [3.05, 3.63) is 62.5 Å². The summed E-state index contributed by atoms with van der Waals surface area (Å²) in [5.41, 5.74) is 1.85. The van der Waals surface area contributed by atoms with Gasteiger partial charge in [0.25, 0.3) is 0 Å². The number of likely N-dealkylation sites (N-methyl/N-ethyl adjacent to an activating group) is 1. The van der Waals surface area contributed by atoms with Crippen LogP contribution in [-0.2, 0) is 6.42 Å². The van der Waals surface area contributed by atoms with Crippen LogP contribution in [0.1, 0.15) is 17.3 Å². The van der Waals surface area contributed by atoms with Gasteiger partial charge in [0.05, 0.1) is 16.2 Å². The Kier molecular flexibility index (Phi) is 5.07. The fourth-order valence-corrected chi connectivity index (χ4v) is 2.53. The molecule has 1 unspecified atom stereocenters. The van der Waals surface area contributed by atoms with Crippen LogP contribution < -0.4 is 5.32 Å². The number of hydrogen-bond acceptors (Lipinski definition) is 2. The zero-order chi connectivity index (χ0) is 13.8. The molecule has 2 aromatic rings. The van der Waals surface area contributed by atoms with E-state index in [4.69, 9.17) is 0 Å². The smallest absolute Gasteiger partial charge is 0.137 e. The molecular weight excluding hydrogens is 375 g/mol. The SMILES string of the molecule is CNC(Cc1cccc(F)c1Br)c1ccc(Br)cn1. The molecule has 0 fully saturated rings. The Morgan fingerprint density at radius 3 is 2.68 bits per heavy atom. The van der Waals surface area contributed by atoms with Gasteiger partial charge in [0.15, 0.2) is 0 Å². The Labute approximate surface area is 128 Å². The number of rotatable bonds is 4. The molecule has 0 aliphatic carbocycles. The highest BCUT2D eigenvalue weighted by Crippen LogP contribution is 2.25. The van der Waals surface area contributed by atoms with E-state index in [1.807, 2.05) is 25.2 Å². The fourth-order valence-electron chi connectivity index (χ4n) is 1.87. The van der Waals surface area contributed by atoms with Gasteiger partial charge >= 0.3 is 0 Å². The molecule has 1 heterocycles. The maximum absolute atomic E-state index is 13.5. The quantitative estimate of drug-likeness (QED) is 0.848. The molecule has 5 heteroatoms. The molecule has 19 heavy (non-hydrogen) atoms. The summed E-state index contributed by atoms with van der Waals surface area (Å²) < 4.78 is 15.0. The Bertz CT molecular complexity index is 558. The van der Waals surface area contributed by atoms with Gasteiger partial charge in [-0.25, -0.2) is 4.39 Å². The average molecular weight is 388 g/mol. The number of aromatic nitrogens is 1. The topological polar surface area (TPSA) is 24.9 Å². The van der Waals surface area contributed by atoms with Crippen molar-refractivity contribution in [1.29, 1.82) is 0 Å². The lowest BCUT2D eigenvalue weighted by Gasteiger charge is -2.16. The number of halogens is 3. The van der Waals surface area contributed by atoms with Crippen LogP contribution in [0.15, 0.2) is 45.5 Å². The molecule has 1 aromatic carbocycles. The first-order chi connectivity index (χ1) is 9.11. The van der Waals surface area contributed by atoms with Crippen molar-refractivity contribution < 1.29 is 4.39 Å².